The maximum Gasteiger partial charge on any atom is 0.244 e. The molecule has 0 radical (unpaired) electrons. The van der Waals surface area contributed by atoms with Gasteiger partial charge in [-0.05, 0) is 44.4 Å². The summed E-state index contributed by atoms with van der Waals surface area (Å²) in [5.41, 5.74) is 2.51. The molecule has 0 saturated heterocycles. The van der Waals surface area contributed by atoms with Gasteiger partial charge < -0.3 is 0 Å². The van der Waals surface area contributed by atoms with E-state index in [0.29, 0.717) is 5.69 Å². The fourth-order valence-electron chi connectivity index (χ4n) is 2.84. The Hall–Kier alpha value is -2.44. The Balaban J connectivity index is 1.71. The predicted octanol–water partition coefficient (Wildman–Crippen LogP) is 3.48. The van der Waals surface area contributed by atoms with Crippen LogP contribution in [0.2, 0.25) is 0 Å². The minimum Gasteiger partial charge on any atom is -0.239 e. The third-order valence-electron chi connectivity index (χ3n) is 4.23. The molecule has 6 heteroatoms. The molecule has 26 heavy (non-hydrogen) atoms. The summed E-state index contributed by atoms with van der Waals surface area (Å²) in [6, 6.07) is 19.4. The number of benzene rings is 2. The van der Waals surface area contributed by atoms with E-state index in [9.17, 15) is 8.42 Å². The lowest BCUT2D eigenvalue weighted by molar-refractivity contribution is 0.546. The molecule has 1 aromatic heterocycles. The third-order valence-corrected chi connectivity index (χ3v) is 5.92. The molecular weight excluding hydrogens is 346 g/mol. The van der Waals surface area contributed by atoms with Crippen LogP contribution in [-0.2, 0) is 16.4 Å². The molecule has 1 heterocycles. The van der Waals surface area contributed by atoms with Gasteiger partial charge in [0.2, 0.25) is 10.0 Å². The zero-order chi connectivity index (χ0) is 18.6. The van der Waals surface area contributed by atoms with E-state index in [1.807, 2.05) is 55.5 Å². The van der Waals surface area contributed by atoms with Gasteiger partial charge in [-0.2, -0.15) is 5.10 Å². The number of aromatic nitrogens is 2. The minimum absolute atomic E-state index is 0.167. The van der Waals surface area contributed by atoms with Crippen molar-refractivity contribution >= 4 is 10.0 Å². The Morgan fingerprint density at radius 2 is 1.65 bits per heavy atom. The SMILES string of the molecule is Cc1nn(-c2ccccc2)cc1S(=O)(=O)NC(C)CCc1ccccc1. The highest BCUT2D eigenvalue weighted by Gasteiger charge is 2.22. The number of aryl methyl sites for hydroxylation is 2. The third kappa shape index (κ3) is 4.39. The molecule has 1 atom stereocenters. The summed E-state index contributed by atoms with van der Waals surface area (Å²) in [6.45, 7) is 3.60. The van der Waals surface area contributed by atoms with Crippen LogP contribution >= 0.6 is 0 Å². The van der Waals surface area contributed by atoms with Crippen molar-refractivity contribution in [2.45, 2.75) is 37.6 Å². The van der Waals surface area contributed by atoms with E-state index in [4.69, 9.17) is 0 Å². The smallest absolute Gasteiger partial charge is 0.239 e. The number of hydrogen-bond acceptors (Lipinski definition) is 3. The number of nitrogens with zero attached hydrogens (tertiary/aromatic N) is 2. The second-order valence-corrected chi connectivity index (χ2v) is 8.09. The first-order valence-corrected chi connectivity index (χ1v) is 10.1. The molecule has 0 bridgehead atoms. The normalized spacial score (nSPS) is 12.8. The molecule has 0 fully saturated rings. The van der Waals surface area contributed by atoms with Gasteiger partial charge >= 0.3 is 0 Å². The van der Waals surface area contributed by atoms with E-state index >= 15 is 0 Å². The molecule has 0 spiro atoms. The molecule has 0 amide bonds. The predicted molar refractivity (Wildman–Crippen MR) is 103 cm³/mol. The van der Waals surface area contributed by atoms with Crippen LogP contribution in [-0.4, -0.2) is 24.2 Å². The van der Waals surface area contributed by atoms with Crippen LogP contribution in [0, 0.1) is 6.92 Å². The van der Waals surface area contributed by atoms with E-state index in [1.54, 1.807) is 17.8 Å². The van der Waals surface area contributed by atoms with E-state index in [0.717, 1.165) is 18.5 Å². The maximum atomic E-state index is 12.8. The van der Waals surface area contributed by atoms with Crippen LogP contribution in [0.15, 0.2) is 71.8 Å². The highest BCUT2D eigenvalue weighted by molar-refractivity contribution is 7.89. The molecule has 1 unspecified atom stereocenters. The summed E-state index contributed by atoms with van der Waals surface area (Å²) in [4.78, 5) is 0.216. The van der Waals surface area contributed by atoms with E-state index in [-0.39, 0.29) is 10.9 Å². The van der Waals surface area contributed by atoms with Crippen LogP contribution in [0.3, 0.4) is 0 Å². The van der Waals surface area contributed by atoms with E-state index in [1.165, 1.54) is 5.56 Å². The molecule has 136 valence electrons. The lowest BCUT2D eigenvalue weighted by Gasteiger charge is -2.13. The summed E-state index contributed by atoms with van der Waals surface area (Å²) in [5.74, 6) is 0. The van der Waals surface area contributed by atoms with Crippen molar-refractivity contribution in [3.63, 3.8) is 0 Å². The second kappa shape index (κ2) is 7.85. The Kier molecular flexibility index (Phi) is 5.54. The number of sulfonamides is 1. The summed E-state index contributed by atoms with van der Waals surface area (Å²) >= 11 is 0. The fraction of sp³-hybridized carbons (Fsp3) is 0.250. The maximum absolute atomic E-state index is 12.8. The lowest BCUT2D eigenvalue weighted by Crippen LogP contribution is -2.33. The van der Waals surface area contributed by atoms with E-state index < -0.39 is 10.0 Å². The monoisotopic (exact) mass is 369 g/mol. The molecule has 0 aliphatic carbocycles. The lowest BCUT2D eigenvalue weighted by atomic mass is 10.1. The molecule has 5 nitrogen and oxygen atoms in total. The van der Waals surface area contributed by atoms with Crippen molar-refractivity contribution in [3.05, 3.63) is 78.1 Å². The van der Waals surface area contributed by atoms with Gasteiger partial charge in [-0.15, -0.1) is 0 Å². The molecule has 0 saturated carbocycles. The Morgan fingerprint density at radius 1 is 1.04 bits per heavy atom. The number of para-hydroxylation sites is 1. The summed E-state index contributed by atoms with van der Waals surface area (Å²) in [5, 5.41) is 4.35. The quantitative estimate of drug-likeness (QED) is 0.693. The average molecular weight is 369 g/mol. The summed E-state index contributed by atoms with van der Waals surface area (Å²) < 4.78 is 29.9. The van der Waals surface area contributed by atoms with E-state index in [2.05, 4.69) is 22.0 Å². The van der Waals surface area contributed by atoms with Gasteiger partial charge in [0.1, 0.15) is 4.90 Å². The molecule has 1 N–H and O–H groups in total. The Morgan fingerprint density at radius 3 is 2.31 bits per heavy atom. The summed E-state index contributed by atoms with van der Waals surface area (Å²) in [6.07, 6.45) is 3.12. The van der Waals surface area contributed by atoms with Crippen molar-refractivity contribution < 1.29 is 8.42 Å². The van der Waals surface area contributed by atoms with Crippen molar-refractivity contribution in [2.24, 2.45) is 0 Å². The van der Waals surface area contributed by atoms with Gasteiger partial charge in [0, 0.05) is 6.04 Å². The van der Waals surface area contributed by atoms with Crippen molar-refractivity contribution in [1.82, 2.24) is 14.5 Å². The zero-order valence-electron chi connectivity index (χ0n) is 15.0. The van der Waals surface area contributed by atoms with Crippen LogP contribution in [0.25, 0.3) is 5.69 Å². The van der Waals surface area contributed by atoms with Gasteiger partial charge in [0.05, 0.1) is 17.6 Å². The van der Waals surface area contributed by atoms with Crippen molar-refractivity contribution in [2.75, 3.05) is 0 Å². The molecule has 3 rings (SSSR count). The standard InChI is InChI=1S/C20H23N3O2S/c1-16(13-14-18-9-5-3-6-10-18)22-26(24,25)20-15-23(21-17(20)2)19-11-7-4-8-12-19/h3-12,15-16,22H,13-14H2,1-2H3. The largest absolute Gasteiger partial charge is 0.244 e. The average Bonchev–Trinajstić information content (AvgIpc) is 3.04. The van der Waals surface area contributed by atoms with Crippen LogP contribution < -0.4 is 4.72 Å². The number of rotatable bonds is 7. The minimum atomic E-state index is -3.62. The Bertz CT molecular complexity index is 951. The fourth-order valence-corrected chi connectivity index (χ4v) is 4.28. The highest BCUT2D eigenvalue weighted by atomic mass is 32.2. The number of hydrogen-bond donors (Lipinski definition) is 1. The topological polar surface area (TPSA) is 64.0 Å². The molecule has 0 aliphatic rings. The first kappa shape index (κ1) is 18.4. The molecule has 2 aromatic carbocycles. The van der Waals surface area contributed by atoms with Gasteiger partial charge in [-0.3, -0.25) is 0 Å². The van der Waals surface area contributed by atoms with Crippen LogP contribution in [0.1, 0.15) is 24.6 Å². The van der Waals surface area contributed by atoms with Crippen molar-refractivity contribution in [3.8, 4) is 5.69 Å². The molecular formula is C20H23N3O2S. The number of nitrogens with one attached hydrogen (secondary N) is 1. The Labute approximate surface area is 154 Å². The highest BCUT2D eigenvalue weighted by Crippen LogP contribution is 2.17. The molecule has 0 aliphatic heterocycles. The summed E-state index contributed by atoms with van der Waals surface area (Å²) in [7, 11) is -3.62. The van der Waals surface area contributed by atoms with Crippen molar-refractivity contribution in [1.29, 1.82) is 0 Å². The van der Waals surface area contributed by atoms with Gasteiger partial charge in [0.25, 0.3) is 0 Å². The second-order valence-electron chi connectivity index (χ2n) is 6.41. The molecule has 3 aromatic rings. The van der Waals surface area contributed by atoms with Gasteiger partial charge in [-0.1, -0.05) is 48.5 Å². The first-order chi connectivity index (χ1) is 12.5. The first-order valence-electron chi connectivity index (χ1n) is 8.63. The van der Waals surface area contributed by atoms with Crippen LogP contribution in [0.4, 0.5) is 0 Å². The van der Waals surface area contributed by atoms with Gasteiger partial charge in [-0.25, -0.2) is 17.8 Å². The van der Waals surface area contributed by atoms with Crippen LogP contribution in [0.5, 0.6) is 0 Å². The van der Waals surface area contributed by atoms with Gasteiger partial charge in [0.15, 0.2) is 0 Å². The zero-order valence-corrected chi connectivity index (χ0v) is 15.8.